The molecule has 4 aromatic carbocycles. The molecule has 0 aliphatic rings. The first-order valence-electron chi connectivity index (χ1n) is 10.8. The molecule has 168 valence electrons. The highest BCUT2D eigenvalue weighted by Gasteiger charge is 2.27. The Balaban J connectivity index is 1.80. The Kier molecular flexibility index (Phi) is 6.91. The standard InChI is InChI=1S/C28H27NO4/c1-32-22-14-12-20(13-15-22)18-29(26(19-30)21-8-4-3-5-9-21)28(31)25-16-17-27(33-2)24-11-7-6-10-23(24)25/h3-17,26,30H,18-19H2,1-2H3/t26-/m1/s1. The minimum Gasteiger partial charge on any atom is -0.497 e. The highest BCUT2D eigenvalue weighted by Crippen LogP contribution is 2.32. The topological polar surface area (TPSA) is 59.0 Å². The number of aliphatic hydroxyl groups is 1. The van der Waals surface area contributed by atoms with Crippen LogP contribution in [0, 0.1) is 0 Å². The van der Waals surface area contributed by atoms with Gasteiger partial charge in [0.05, 0.1) is 26.9 Å². The van der Waals surface area contributed by atoms with Crippen LogP contribution in [0.15, 0.2) is 91.0 Å². The van der Waals surface area contributed by atoms with Crippen LogP contribution >= 0.6 is 0 Å². The SMILES string of the molecule is COc1ccc(CN(C(=O)c2ccc(OC)c3ccccc23)[C@H](CO)c2ccccc2)cc1. The molecular weight excluding hydrogens is 414 g/mol. The molecule has 0 aliphatic carbocycles. The second-order valence-corrected chi connectivity index (χ2v) is 7.75. The molecule has 5 heteroatoms. The number of carbonyl (C=O) groups is 1. The van der Waals surface area contributed by atoms with E-state index in [1.165, 1.54) is 0 Å². The van der Waals surface area contributed by atoms with E-state index < -0.39 is 6.04 Å². The smallest absolute Gasteiger partial charge is 0.255 e. The average molecular weight is 442 g/mol. The third kappa shape index (κ3) is 4.69. The summed E-state index contributed by atoms with van der Waals surface area (Å²) in [6, 6.07) is 28.0. The Morgan fingerprint density at radius 3 is 2.12 bits per heavy atom. The van der Waals surface area contributed by atoms with Crippen LogP contribution in [0.5, 0.6) is 11.5 Å². The Morgan fingerprint density at radius 2 is 1.48 bits per heavy atom. The summed E-state index contributed by atoms with van der Waals surface area (Å²) in [4.78, 5) is 15.7. The van der Waals surface area contributed by atoms with Gasteiger partial charge in [-0.3, -0.25) is 4.79 Å². The van der Waals surface area contributed by atoms with Gasteiger partial charge in [-0.1, -0.05) is 66.7 Å². The molecular formula is C28H27NO4. The number of hydrogen-bond donors (Lipinski definition) is 1. The van der Waals surface area contributed by atoms with Crippen molar-refractivity contribution in [3.63, 3.8) is 0 Å². The van der Waals surface area contributed by atoms with E-state index in [1.54, 1.807) is 25.2 Å². The van der Waals surface area contributed by atoms with E-state index in [2.05, 4.69) is 0 Å². The molecule has 33 heavy (non-hydrogen) atoms. The van der Waals surface area contributed by atoms with E-state index in [1.807, 2.05) is 84.9 Å². The monoisotopic (exact) mass is 441 g/mol. The molecule has 0 aliphatic heterocycles. The lowest BCUT2D eigenvalue weighted by Gasteiger charge is -2.32. The van der Waals surface area contributed by atoms with Gasteiger partial charge < -0.3 is 19.5 Å². The summed E-state index contributed by atoms with van der Waals surface area (Å²) in [5.74, 6) is 1.30. The summed E-state index contributed by atoms with van der Waals surface area (Å²) in [6.45, 7) is 0.142. The van der Waals surface area contributed by atoms with Crippen molar-refractivity contribution in [2.24, 2.45) is 0 Å². The number of aliphatic hydroxyl groups excluding tert-OH is 1. The van der Waals surface area contributed by atoms with Gasteiger partial charge in [-0.15, -0.1) is 0 Å². The van der Waals surface area contributed by atoms with Crippen LogP contribution in [0.3, 0.4) is 0 Å². The van der Waals surface area contributed by atoms with Crippen molar-refractivity contribution in [3.8, 4) is 11.5 Å². The molecule has 0 saturated carbocycles. The molecule has 0 spiro atoms. The van der Waals surface area contributed by atoms with Crippen molar-refractivity contribution >= 4 is 16.7 Å². The Morgan fingerprint density at radius 1 is 0.818 bits per heavy atom. The zero-order valence-corrected chi connectivity index (χ0v) is 18.8. The molecule has 1 N–H and O–H groups in total. The molecule has 5 nitrogen and oxygen atoms in total. The van der Waals surface area contributed by atoms with Crippen LogP contribution < -0.4 is 9.47 Å². The fourth-order valence-corrected chi connectivity index (χ4v) is 4.10. The normalized spacial score (nSPS) is 11.7. The highest BCUT2D eigenvalue weighted by molar-refractivity contribution is 6.08. The summed E-state index contributed by atoms with van der Waals surface area (Å²) in [5.41, 5.74) is 2.38. The lowest BCUT2D eigenvalue weighted by Crippen LogP contribution is -2.36. The van der Waals surface area contributed by atoms with E-state index in [9.17, 15) is 9.90 Å². The van der Waals surface area contributed by atoms with Crippen molar-refractivity contribution in [2.75, 3.05) is 20.8 Å². The van der Waals surface area contributed by atoms with Gasteiger partial charge in [-0.25, -0.2) is 0 Å². The van der Waals surface area contributed by atoms with E-state index in [-0.39, 0.29) is 12.5 Å². The van der Waals surface area contributed by atoms with E-state index in [0.717, 1.165) is 27.6 Å². The van der Waals surface area contributed by atoms with Crippen molar-refractivity contribution in [2.45, 2.75) is 12.6 Å². The lowest BCUT2D eigenvalue weighted by atomic mass is 9.99. The van der Waals surface area contributed by atoms with Gasteiger partial charge in [0.1, 0.15) is 11.5 Å². The fraction of sp³-hybridized carbons (Fsp3) is 0.179. The van der Waals surface area contributed by atoms with Gasteiger partial charge in [0.15, 0.2) is 0 Å². The van der Waals surface area contributed by atoms with Crippen LogP contribution in [0.25, 0.3) is 10.8 Å². The number of fused-ring (bicyclic) bond motifs is 1. The Labute approximate surface area is 193 Å². The zero-order valence-electron chi connectivity index (χ0n) is 18.8. The quantitative estimate of drug-likeness (QED) is 0.407. The number of rotatable bonds is 8. The van der Waals surface area contributed by atoms with Crippen molar-refractivity contribution in [1.82, 2.24) is 4.90 Å². The number of methoxy groups -OCH3 is 2. The minimum atomic E-state index is -0.498. The lowest BCUT2D eigenvalue weighted by molar-refractivity contribution is 0.0570. The summed E-state index contributed by atoms with van der Waals surface area (Å²) in [6.07, 6.45) is 0. The van der Waals surface area contributed by atoms with Gasteiger partial charge in [0, 0.05) is 17.5 Å². The van der Waals surface area contributed by atoms with Gasteiger partial charge in [0.2, 0.25) is 0 Å². The third-order valence-electron chi connectivity index (χ3n) is 5.84. The number of ether oxygens (including phenoxy) is 2. The second kappa shape index (κ2) is 10.2. The summed E-state index contributed by atoms with van der Waals surface area (Å²) in [7, 11) is 3.24. The van der Waals surface area contributed by atoms with Gasteiger partial charge >= 0.3 is 0 Å². The van der Waals surface area contributed by atoms with Crippen LogP contribution in [0.2, 0.25) is 0 Å². The molecule has 0 unspecified atom stereocenters. The molecule has 0 aromatic heterocycles. The predicted octanol–water partition coefficient (Wildman–Crippen LogP) is 5.23. The first-order valence-corrected chi connectivity index (χ1v) is 10.8. The second-order valence-electron chi connectivity index (χ2n) is 7.75. The molecule has 0 bridgehead atoms. The molecule has 0 fully saturated rings. The van der Waals surface area contributed by atoms with Crippen LogP contribution in [0.4, 0.5) is 0 Å². The summed E-state index contributed by atoms with van der Waals surface area (Å²) >= 11 is 0. The maximum absolute atomic E-state index is 14.0. The first-order chi connectivity index (χ1) is 16.2. The van der Waals surface area contributed by atoms with Crippen molar-refractivity contribution in [1.29, 1.82) is 0 Å². The van der Waals surface area contributed by atoms with Crippen molar-refractivity contribution < 1.29 is 19.4 Å². The maximum atomic E-state index is 14.0. The van der Waals surface area contributed by atoms with E-state index >= 15 is 0 Å². The first kappa shape index (κ1) is 22.4. The van der Waals surface area contributed by atoms with Crippen LogP contribution in [-0.2, 0) is 6.54 Å². The average Bonchev–Trinajstić information content (AvgIpc) is 2.88. The summed E-state index contributed by atoms with van der Waals surface area (Å²) in [5, 5.41) is 12.0. The van der Waals surface area contributed by atoms with Gasteiger partial charge in [-0.2, -0.15) is 0 Å². The van der Waals surface area contributed by atoms with Crippen LogP contribution in [-0.4, -0.2) is 36.7 Å². The third-order valence-corrected chi connectivity index (χ3v) is 5.84. The number of amides is 1. The Hall–Kier alpha value is -3.83. The highest BCUT2D eigenvalue weighted by atomic mass is 16.5. The summed E-state index contributed by atoms with van der Waals surface area (Å²) < 4.78 is 10.8. The van der Waals surface area contributed by atoms with E-state index in [0.29, 0.717) is 17.9 Å². The number of nitrogens with zero attached hydrogens (tertiary/aromatic N) is 1. The predicted molar refractivity (Wildman–Crippen MR) is 130 cm³/mol. The van der Waals surface area contributed by atoms with Gasteiger partial charge in [-0.05, 0) is 40.8 Å². The maximum Gasteiger partial charge on any atom is 0.255 e. The molecule has 1 amide bonds. The van der Waals surface area contributed by atoms with Crippen LogP contribution in [0.1, 0.15) is 27.5 Å². The molecule has 0 heterocycles. The molecule has 4 aromatic rings. The van der Waals surface area contributed by atoms with Crippen molar-refractivity contribution in [3.05, 3.63) is 108 Å². The molecule has 1 atom stereocenters. The molecule has 0 radical (unpaired) electrons. The fourth-order valence-electron chi connectivity index (χ4n) is 4.10. The number of hydrogen-bond acceptors (Lipinski definition) is 4. The Bertz CT molecular complexity index is 1220. The number of benzene rings is 4. The van der Waals surface area contributed by atoms with Gasteiger partial charge in [0.25, 0.3) is 5.91 Å². The molecule has 0 saturated heterocycles. The zero-order chi connectivity index (χ0) is 23.2. The molecule has 4 rings (SSSR count). The number of carbonyl (C=O) groups excluding carboxylic acids is 1. The largest absolute Gasteiger partial charge is 0.497 e. The van der Waals surface area contributed by atoms with E-state index in [4.69, 9.17) is 9.47 Å². The minimum absolute atomic E-state index is 0.160.